The first kappa shape index (κ1) is 15.2. The average molecular weight is 282 g/mol. The van der Waals surface area contributed by atoms with Crippen LogP contribution < -0.4 is 10.5 Å². The quantitative estimate of drug-likeness (QED) is 0.917. The summed E-state index contributed by atoms with van der Waals surface area (Å²) in [6.45, 7) is 6.60. The normalized spacial score (nSPS) is 22.0. The first-order valence-electron chi connectivity index (χ1n) is 6.97. The van der Waals surface area contributed by atoms with E-state index >= 15 is 0 Å². The SMILES string of the molecule is COc1ccc(F)cc1C(N)C1CN(C(C)C)CCO1. The number of hydrogen-bond donors (Lipinski definition) is 1. The van der Waals surface area contributed by atoms with Crippen molar-refractivity contribution in [2.75, 3.05) is 26.8 Å². The molecule has 112 valence electrons. The van der Waals surface area contributed by atoms with Crippen LogP contribution in [0.15, 0.2) is 18.2 Å². The zero-order chi connectivity index (χ0) is 14.7. The van der Waals surface area contributed by atoms with Crippen LogP contribution in [0.25, 0.3) is 0 Å². The fraction of sp³-hybridized carbons (Fsp3) is 0.600. The van der Waals surface area contributed by atoms with Crippen LogP contribution in [0.5, 0.6) is 5.75 Å². The number of nitrogens with two attached hydrogens (primary N) is 1. The van der Waals surface area contributed by atoms with Crippen molar-refractivity contribution in [2.24, 2.45) is 5.73 Å². The molecule has 2 atom stereocenters. The van der Waals surface area contributed by atoms with E-state index in [1.165, 1.54) is 12.1 Å². The molecule has 2 N–H and O–H groups in total. The lowest BCUT2D eigenvalue weighted by molar-refractivity contribution is -0.0505. The van der Waals surface area contributed by atoms with Gasteiger partial charge in [0.25, 0.3) is 0 Å². The van der Waals surface area contributed by atoms with Gasteiger partial charge in [-0.15, -0.1) is 0 Å². The Balaban J connectivity index is 2.18. The summed E-state index contributed by atoms with van der Waals surface area (Å²) in [4.78, 5) is 2.32. The highest BCUT2D eigenvalue weighted by molar-refractivity contribution is 5.37. The largest absolute Gasteiger partial charge is 0.496 e. The van der Waals surface area contributed by atoms with E-state index in [2.05, 4.69) is 18.7 Å². The Labute approximate surface area is 119 Å². The fourth-order valence-electron chi connectivity index (χ4n) is 2.55. The van der Waals surface area contributed by atoms with Crippen molar-refractivity contribution in [3.05, 3.63) is 29.6 Å². The van der Waals surface area contributed by atoms with Crippen LogP contribution in [0.1, 0.15) is 25.5 Å². The molecule has 5 heteroatoms. The lowest BCUT2D eigenvalue weighted by Gasteiger charge is -2.38. The van der Waals surface area contributed by atoms with Crippen LogP contribution in [-0.4, -0.2) is 43.9 Å². The number of halogens is 1. The van der Waals surface area contributed by atoms with Gasteiger partial charge in [0, 0.05) is 24.7 Å². The predicted octanol–water partition coefficient (Wildman–Crippen LogP) is 1.94. The zero-order valence-electron chi connectivity index (χ0n) is 12.3. The molecule has 1 fully saturated rings. The van der Waals surface area contributed by atoms with E-state index in [9.17, 15) is 4.39 Å². The van der Waals surface area contributed by atoms with E-state index in [0.29, 0.717) is 24.0 Å². The average Bonchev–Trinajstić information content (AvgIpc) is 2.46. The predicted molar refractivity (Wildman–Crippen MR) is 76.3 cm³/mol. The van der Waals surface area contributed by atoms with Crippen molar-refractivity contribution in [2.45, 2.75) is 32.0 Å². The topological polar surface area (TPSA) is 47.7 Å². The van der Waals surface area contributed by atoms with Crippen LogP contribution in [0, 0.1) is 5.82 Å². The maximum Gasteiger partial charge on any atom is 0.123 e. The number of benzene rings is 1. The second-order valence-electron chi connectivity index (χ2n) is 5.41. The number of ether oxygens (including phenoxy) is 2. The van der Waals surface area contributed by atoms with E-state index in [0.717, 1.165) is 13.1 Å². The molecule has 0 radical (unpaired) electrons. The lowest BCUT2D eigenvalue weighted by atomic mass is 9.99. The van der Waals surface area contributed by atoms with Crippen molar-refractivity contribution < 1.29 is 13.9 Å². The number of hydrogen-bond acceptors (Lipinski definition) is 4. The minimum Gasteiger partial charge on any atom is -0.496 e. The number of morpholine rings is 1. The van der Waals surface area contributed by atoms with E-state index in [-0.39, 0.29) is 11.9 Å². The van der Waals surface area contributed by atoms with Crippen molar-refractivity contribution >= 4 is 0 Å². The Morgan fingerprint density at radius 3 is 2.85 bits per heavy atom. The van der Waals surface area contributed by atoms with Crippen LogP contribution in [-0.2, 0) is 4.74 Å². The second-order valence-corrected chi connectivity index (χ2v) is 5.41. The molecular weight excluding hydrogens is 259 g/mol. The molecule has 1 heterocycles. The molecule has 0 aliphatic carbocycles. The van der Waals surface area contributed by atoms with Crippen LogP contribution >= 0.6 is 0 Å². The number of nitrogens with zero attached hydrogens (tertiary/aromatic N) is 1. The van der Waals surface area contributed by atoms with Crippen molar-refractivity contribution in [1.82, 2.24) is 4.90 Å². The molecule has 2 unspecified atom stereocenters. The molecule has 0 amide bonds. The molecule has 20 heavy (non-hydrogen) atoms. The first-order valence-corrected chi connectivity index (χ1v) is 6.97. The third kappa shape index (κ3) is 3.29. The summed E-state index contributed by atoms with van der Waals surface area (Å²) in [5.74, 6) is 0.289. The summed E-state index contributed by atoms with van der Waals surface area (Å²) < 4.78 is 24.5. The fourth-order valence-corrected chi connectivity index (χ4v) is 2.55. The summed E-state index contributed by atoms with van der Waals surface area (Å²) in [5.41, 5.74) is 6.93. The smallest absolute Gasteiger partial charge is 0.123 e. The Hall–Kier alpha value is -1.17. The Bertz CT molecular complexity index is 453. The summed E-state index contributed by atoms with van der Waals surface area (Å²) in [5, 5.41) is 0. The van der Waals surface area contributed by atoms with Crippen molar-refractivity contribution in [3.8, 4) is 5.75 Å². The van der Waals surface area contributed by atoms with Gasteiger partial charge in [0.2, 0.25) is 0 Å². The highest BCUT2D eigenvalue weighted by atomic mass is 19.1. The molecule has 1 aromatic carbocycles. The standard InChI is InChI=1S/C15H23FN2O2/c1-10(2)18-6-7-20-14(9-18)15(17)12-8-11(16)4-5-13(12)19-3/h4-5,8,10,14-15H,6-7,9,17H2,1-3H3. The van der Waals surface area contributed by atoms with Gasteiger partial charge in [0.15, 0.2) is 0 Å². The molecule has 2 rings (SSSR count). The highest BCUT2D eigenvalue weighted by Crippen LogP contribution is 2.29. The molecule has 1 aromatic rings. The molecule has 1 aliphatic rings. The van der Waals surface area contributed by atoms with E-state index in [1.54, 1.807) is 13.2 Å². The Morgan fingerprint density at radius 1 is 1.45 bits per heavy atom. The van der Waals surface area contributed by atoms with Crippen LogP contribution in [0.4, 0.5) is 4.39 Å². The van der Waals surface area contributed by atoms with Crippen molar-refractivity contribution in [3.63, 3.8) is 0 Å². The second kappa shape index (κ2) is 6.52. The van der Waals surface area contributed by atoms with Gasteiger partial charge < -0.3 is 15.2 Å². The highest BCUT2D eigenvalue weighted by Gasteiger charge is 2.29. The Kier molecular flexibility index (Phi) is 4.96. The van der Waals surface area contributed by atoms with E-state index in [4.69, 9.17) is 15.2 Å². The summed E-state index contributed by atoms with van der Waals surface area (Å²) in [6.07, 6.45) is -0.151. The molecule has 1 aliphatic heterocycles. The van der Waals surface area contributed by atoms with Gasteiger partial charge in [-0.1, -0.05) is 0 Å². The van der Waals surface area contributed by atoms with Crippen LogP contribution in [0.2, 0.25) is 0 Å². The lowest BCUT2D eigenvalue weighted by Crippen LogP contribution is -2.49. The molecular formula is C15H23FN2O2. The van der Waals surface area contributed by atoms with Crippen molar-refractivity contribution in [1.29, 1.82) is 0 Å². The molecule has 1 saturated heterocycles. The van der Waals surface area contributed by atoms with Gasteiger partial charge in [0.05, 0.1) is 25.9 Å². The molecule has 0 spiro atoms. The maximum absolute atomic E-state index is 13.5. The van der Waals surface area contributed by atoms with Gasteiger partial charge in [0.1, 0.15) is 11.6 Å². The van der Waals surface area contributed by atoms with Crippen LogP contribution in [0.3, 0.4) is 0 Å². The number of rotatable bonds is 4. The van der Waals surface area contributed by atoms with E-state index < -0.39 is 6.04 Å². The third-order valence-electron chi connectivity index (χ3n) is 3.81. The summed E-state index contributed by atoms with van der Waals surface area (Å²) in [6, 6.07) is 4.46. The minimum atomic E-state index is -0.401. The first-order chi connectivity index (χ1) is 9.52. The third-order valence-corrected chi connectivity index (χ3v) is 3.81. The van der Waals surface area contributed by atoms with E-state index in [1.807, 2.05) is 0 Å². The van der Waals surface area contributed by atoms with Gasteiger partial charge in [-0.2, -0.15) is 0 Å². The van der Waals surface area contributed by atoms with Gasteiger partial charge in [-0.3, -0.25) is 4.90 Å². The summed E-state index contributed by atoms with van der Waals surface area (Å²) in [7, 11) is 1.56. The molecule has 0 bridgehead atoms. The van der Waals surface area contributed by atoms with Gasteiger partial charge in [-0.25, -0.2) is 4.39 Å². The Morgan fingerprint density at radius 2 is 2.20 bits per heavy atom. The summed E-state index contributed by atoms with van der Waals surface area (Å²) >= 11 is 0. The van der Waals surface area contributed by atoms with Gasteiger partial charge >= 0.3 is 0 Å². The molecule has 4 nitrogen and oxygen atoms in total. The maximum atomic E-state index is 13.5. The van der Waals surface area contributed by atoms with Gasteiger partial charge in [-0.05, 0) is 32.0 Å². The zero-order valence-corrected chi connectivity index (χ0v) is 12.3. The molecule has 0 saturated carbocycles. The monoisotopic (exact) mass is 282 g/mol. The molecule has 0 aromatic heterocycles. The minimum absolute atomic E-state index is 0.151. The number of methoxy groups -OCH3 is 1.